The first-order valence-corrected chi connectivity index (χ1v) is 13.3. The van der Waals surface area contributed by atoms with Gasteiger partial charge in [-0.3, -0.25) is 19.3 Å². The van der Waals surface area contributed by atoms with Crippen LogP contribution in [0.5, 0.6) is 0 Å². The highest BCUT2D eigenvalue weighted by molar-refractivity contribution is 5.97. The van der Waals surface area contributed by atoms with E-state index in [4.69, 9.17) is 6.57 Å². The third-order valence-electron chi connectivity index (χ3n) is 7.45. The molecule has 0 bridgehead atoms. The molecule has 1 aromatic heterocycles. The van der Waals surface area contributed by atoms with Gasteiger partial charge >= 0.3 is 6.17 Å². The number of hydrogen-bond acceptors (Lipinski definition) is 5. The van der Waals surface area contributed by atoms with E-state index in [0.717, 1.165) is 31.5 Å². The van der Waals surface area contributed by atoms with E-state index in [-0.39, 0.29) is 11.8 Å². The van der Waals surface area contributed by atoms with E-state index in [1.54, 1.807) is 46.2 Å². The van der Waals surface area contributed by atoms with Crippen molar-refractivity contribution >= 4 is 11.8 Å². The van der Waals surface area contributed by atoms with E-state index < -0.39 is 12.2 Å². The Kier molecular flexibility index (Phi) is 7.80. The minimum absolute atomic E-state index is 0.167. The zero-order chi connectivity index (χ0) is 26.5. The van der Waals surface area contributed by atoms with Gasteiger partial charge in [0, 0.05) is 30.5 Å². The zero-order valence-electron chi connectivity index (χ0n) is 21.6. The summed E-state index contributed by atoms with van der Waals surface area (Å²) in [5.74, 6) is 0.0684. The van der Waals surface area contributed by atoms with Gasteiger partial charge in [-0.1, -0.05) is 35.0 Å². The van der Waals surface area contributed by atoms with Gasteiger partial charge in [-0.15, -0.1) is 5.10 Å². The van der Waals surface area contributed by atoms with Crippen LogP contribution in [0, 0.1) is 13.5 Å². The van der Waals surface area contributed by atoms with Crippen LogP contribution in [0.4, 0.5) is 0 Å². The molecular weight excluding hydrogens is 478 g/mol. The molecule has 5 rings (SSSR count). The molecule has 2 aliphatic rings. The number of likely N-dealkylation sites (tertiary alicyclic amines) is 1. The third-order valence-corrected chi connectivity index (χ3v) is 7.45. The summed E-state index contributed by atoms with van der Waals surface area (Å²) in [6, 6.07) is 15.5. The molecule has 1 aliphatic carbocycles. The summed E-state index contributed by atoms with van der Waals surface area (Å²) >= 11 is 0. The summed E-state index contributed by atoms with van der Waals surface area (Å²) in [6.45, 7) is 10.9. The summed E-state index contributed by atoms with van der Waals surface area (Å²) in [5.41, 5.74) is 3.88. The Morgan fingerprint density at radius 3 is 2.66 bits per heavy atom. The molecule has 2 N–H and O–H groups in total. The summed E-state index contributed by atoms with van der Waals surface area (Å²) in [6.07, 6.45) is 6.75. The fraction of sp³-hybridized carbons (Fsp3) is 0.414. The fourth-order valence-corrected chi connectivity index (χ4v) is 5.15. The van der Waals surface area contributed by atoms with E-state index in [9.17, 15) is 9.59 Å². The van der Waals surface area contributed by atoms with Gasteiger partial charge in [0.2, 0.25) is 0 Å². The van der Waals surface area contributed by atoms with Crippen LogP contribution in [0.25, 0.3) is 10.5 Å². The number of nitrogens with one attached hydrogen (secondary N) is 2. The van der Waals surface area contributed by atoms with Gasteiger partial charge in [-0.2, -0.15) is 0 Å². The predicted molar refractivity (Wildman–Crippen MR) is 144 cm³/mol. The molecule has 2 heterocycles. The molecule has 9 heteroatoms. The summed E-state index contributed by atoms with van der Waals surface area (Å²) in [7, 11) is 0. The SMILES string of the molecule is [C-]#[N+]C1CCCN1C(=O)[C@H](CCCN[C@@H]1C[C@H]1c1ccc(C)cc1)NC(=O)c1ccc(-n2ccnn2)cc1. The lowest BCUT2D eigenvalue weighted by molar-refractivity contribution is -0.133. The maximum atomic E-state index is 13.4. The number of benzene rings is 2. The van der Waals surface area contributed by atoms with Crippen LogP contribution in [-0.4, -0.2) is 63.0 Å². The van der Waals surface area contributed by atoms with Crippen LogP contribution in [0.2, 0.25) is 0 Å². The number of rotatable bonds is 10. The molecule has 0 spiro atoms. The second kappa shape index (κ2) is 11.6. The summed E-state index contributed by atoms with van der Waals surface area (Å²) < 4.78 is 1.61. The molecule has 1 saturated heterocycles. The molecular formula is C29H33N7O2. The number of carbonyl (C=O) groups is 2. The minimum atomic E-state index is -0.672. The van der Waals surface area contributed by atoms with Crippen molar-refractivity contribution in [3.8, 4) is 5.69 Å². The van der Waals surface area contributed by atoms with Gasteiger partial charge < -0.3 is 10.6 Å². The molecule has 4 atom stereocenters. The quantitative estimate of drug-likeness (QED) is 0.321. The smallest absolute Gasteiger partial charge is 0.300 e. The average molecular weight is 512 g/mol. The molecule has 1 aliphatic heterocycles. The van der Waals surface area contributed by atoms with Crippen LogP contribution < -0.4 is 10.6 Å². The molecule has 9 nitrogen and oxygen atoms in total. The summed E-state index contributed by atoms with van der Waals surface area (Å²) in [5, 5.41) is 14.3. The number of aryl methyl sites for hydroxylation is 1. The number of hydrogen-bond donors (Lipinski definition) is 2. The standard InChI is InChI=1S/C29H33N7O2/c1-20-7-9-21(10-8-20)24-19-26(24)31-15-3-5-25(29(38)35-17-4-6-27(35)30-2)33-28(37)22-11-13-23(14-12-22)36-18-16-32-34-36/h7-14,16,18,24-27,31H,3-6,15,17,19H2,1H3,(H,33,37)/t24-,25-,26+,27?/m0/s1. The van der Waals surface area contributed by atoms with Gasteiger partial charge in [0.15, 0.2) is 0 Å². The van der Waals surface area contributed by atoms with Crippen LogP contribution >= 0.6 is 0 Å². The molecule has 2 amide bonds. The van der Waals surface area contributed by atoms with E-state index in [1.165, 1.54) is 11.1 Å². The Bertz CT molecular complexity index is 1280. The zero-order valence-corrected chi connectivity index (χ0v) is 21.6. The van der Waals surface area contributed by atoms with Crippen LogP contribution in [-0.2, 0) is 4.79 Å². The highest BCUT2D eigenvalue weighted by Gasteiger charge is 2.39. The minimum Gasteiger partial charge on any atom is -0.340 e. The molecule has 196 valence electrons. The Morgan fingerprint density at radius 2 is 1.95 bits per heavy atom. The van der Waals surface area contributed by atoms with Gasteiger partial charge in [0.05, 0.1) is 18.1 Å². The molecule has 38 heavy (non-hydrogen) atoms. The highest BCUT2D eigenvalue weighted by Crippen LogP contribution is 2.40. The van der Waals surface area contributed by atoms with Crippen molar-refractivity contribution in [2.24, 2.45) is 0 Å². The van der Waals surface area contributed by atoms with Crippen molar-refractivity contribution in [2.45, 2.75) is 63.2 Å². The Morgan fingerprint density at radius 1 is 1.16 bits per heavy atom. The normalized spacial score (nSPS) is 21.1. The lowest BCUT2D eigenvalue weighted by Gasteiger charge is -2.24. The number of aromatic nitrogens is 3. The molecule has 1 unspecified atom stereocenters. The van der Waals surface area contributed by atoms with E-state index in [2.05, 4.69) is 57.0 Å². The number of nitrogens with zero attached hydrogens (tertiary/aromatic N) is 5. The second-order valence-corrected chi connectivity index (χ2v) is 10.2. The molecule has 2 fully saturated rings. The Labute approximate surface area is 223 Å². The van der Waals surface area contributed by atoms with Crippen molar-refractivity contribution in [1.29, 1.82) is 0 Å². The maximum Gasteiger partial charge on any atom is 0.300 e. The van der Waals surface area contributed by atoms with Crippen molar-refractivity contribution in [3.63, 3.8) is 0 Å². The van der Waals surface area contributed by atoms with E-state index in [1.807, 2.05) is 0 Å². The first-order valence-electron chi connectivity index (χ1n) is 13.3. The first kappa shape index (κ1) is 25.6. The van der Waals surface area contributed by atoms with Crippen molar-refractivity contribution < 1.29 is 9.59 Å². The van der Waals surface area contributed by atoms with Crippen LogP contribution in [0.1, 0.15) is 59.5 Å². The maximum absolute atomic E-state index is 13.4. The second-order valence-electron chi connectivity index (χ2n) is 10.2. The third kappa shape index (κ3) is 5.92. The first-order chi connectivity index (χ1) is 18.5. The number of carbonyl (C=O) groups excluding carboxylic acids is 2. The van der Waals surface area contributed by atoms with Gasteiger partial charge in [-0.25, -0.2) is 11.3 Å². The molecule has 2 aromatic carbocycles. The largest absolute Gasteiger partial charge is 0.340 e. The molecule has 3 aromatic rings. The predicted octanol–water partition coefficient (Wildman–Crippen LogP) is 3.47. The Hall–Kier alpha value is -4.03. The topological polar surface area (TPSA) is 96.5 Å². The number of amides is 2. The van der Waals surface area contributed by atoms with Crippen LogP contribution in [0.3, 0.4) is 0 Å². The lowest BCUT2D eigenvalue weighted by Crippen LogP contribution is -2.49. The highest BCUT2D eigenvalue weighted by atomic mass is 16.2. The van der Waals surface area contributed by atoms with Crippen molar-refractivity contribution in [1.82, 2.24) is 30.5 Å². The van der Waals surface area contributed by atoms with Crippen LogP contribution in [0.15, 0.2) is 60.9 Å². The fourth-order valence-electron chi connectivity index (χ4n) is 5.15. The van der Waals surface area contributed by atoms with E-state index in [0.29, 0.717) is 36.9 Å². The molecule has 1 saturated carbocycles. The monoisotopic (exact) mass is 511 g/mol. The van der Waals surface area contributed by atoms with Gasteiger partial charge in [-0.05, 0) is 69.0 Å². The average Bonchev–Trinajstić information content (AvgIpc) is 3.31. The van der Waals surface area contributed by atoms with E-state index >= 15 is 0 Å². The van der Waals surface area contributed by atoms with Gasteiger partial charge in [0.25, 0.3) is 11.8 Å². The summed E-state index contributed by atoms with van der Waals surface area (Å²) in [4.78, 5) is 31.8. The van der Waals surface area contributed by atoms with Crippen molar-refractivity contribution in [3.05, 3.63) is 89.0 Å². The Balaban J connectivity index is 1.18. The van der Waals surface area contributed by atoms with Crippen molar-refractivity contribution in [2.75, 3.05) is 13.1 Å². The molecule has 0 radical (unpaired) electrons. The van der Waals surface area contributed by atoms with Gasteiger partial charge in [0.1, 0.15) is 6.04 Å². The lowest BCUT2D eigenvalue weighted by atomic mass is 10.1.